The number of hydrogen-bond donors (Lipinski definition) is 2. The largest absolute Gasteiger partial charge is 0.359 e. The molecule has 0 radical (unpaired) electrons. The minimum Gasteiger partial charge on any atom is -0.359 e. The summed E-state index contributed by atoms with van der Waals surface area (Å²) < 4.78 is 1.57. The molecule has 6 heteroatoms. The molecule has 6 nitrogen and oxygen atoms in total. The Bertz CT molecular complexity index is 475. The quantitative estimate of drug-likeness (QED) is 0.851. The smallest absolute Gasteiger partial charge is 0.269 e. The molecule has 1 aliphatic carbocycles. The normalized spacial score (nSPS) is 22.3. The van der Waals surface area contributed by atoms with Crippen LogP contribution in [0.25, 0.3) is 0 Å². The van der Waals surface area contributed by atoms with E-state index >= 15 is 0 Å². The van der Waals surface area contributed by atoms with Gasteiger partial charge in [0.05, 0.1) is 0 Å². The third kappa shape index (κ3) is 3.37. The fraction of sp³-hybridized carbons (Fsp3) is 0.643. The predicted molar refractivity (Wildman–Crippen MR) is 75.1 cm³/mol. The summed E-state index contributed by atoms with van der Waals surface area (Å²) >= 11 is 0. The van der Waals surface area contributed by atoms with E-state index in [2.05, 4.69) is 15.7 Å². The van der Waals surface area contributed by atoms with Crippen LogP contribution < -0.4 is 10.6 Å². The van der Waals surface area contributed by atoms with Crippen molar-refractivity contribution in [2.24, 2.45) is 18.9 Å². The van der Waals surface area contributed by atoms with Crippen LogP contribution in [0.5, 0.6) is 0 Å². The highest BCUT2D eigenvalue weighted by atomic mass is 16.2. The second-order valence-electron chi connectivity index (χ2n) is 5.38. The Labute approximate surface area is 118 Å². The van der Waals surface area contributed by atoms with Gasteiger partial charge < -0.3 is 10.6 Å². The van der Waals surface area contributed by atoms with E-state index in [1.807, 2.05) is 0 Å². The molecule has 110 valence electrons. The molecular weight excluding hydrogens is 256 g/mol. The number of aryl methyl sites for hydroxylation is 1. The van der Waals surface area contributed by atoms with Gasteiger partial charge in [-0.1, -0.05) is 0 Å². The molecular formula is C14H22N4O2. The molecule has 2 rings (SSSR count). The molecule has 1 saturated carbocycles. The van der Waals surface area contributed by atoms with Crippen LogP contribution in [0.4, 0.5) is 0 Å². The topological polar surface area (TPSA) is 76.0 Å². The van der Waals surface area contributed by atoms with Crippen LogP contribution in [0.2, 0.25) is 0 Å². The molecule has 1 aromatic rings. The van der Waals surface area contributed by atoms with Crippen LogP contribution >= 0.6 is 0 Å². The SMILES string of the molecule is CNC(=O)C1CCC(CNC(=O)c2ccnn2C)CC1. The second-order valence-corrected chi connectivity index (χ2v) is 5.38. The third-order valence-electron chi connectivity index (χ3n) is 4.07. The standard InChI is InChI=1S/C14H22N4O2/c1-15-13(19)11-5-3-10(4-6-11)9-16-14(20)12-7-8-17-18(12)2/h7-8,10-11H,3-6,9H2,1-2H3,(H,15,19)(H,16,20). The molecule has 1 aliphatic rings. The number of nitrogens with one attached hydrogen (secondary N) is 2. The van der Waals surface area contributed by atoms with Crippen molar-refractivity contribution in [2.45, 2.75) is 25.7 Å². The van der Waals surface area contributed by atoms with Crippen molar-refractivity contribution in [1.82, 2.24) is 20.4 Å². The zero-order chi connectivity index (χ0) is 14.5. The molecule has 1 heterocycles. The summed E-state index contributed by atoms with van der Waals surface area (Å²) in [5, 5.41) is 9.64. The Balaban J connectivity index is 1.75. The maximum Gasteiger partial charge on any atom is 0.269 e. The Hall–Kier alpha value is -1.85. The monoisotopic (exact) mass is 278 g/mol. The van der Waals surface area contributed by atoms with Gasteiger partial charge in [0, 0.05) is 32.8 Å². The average Bonchev–Trinajstić information content (AvgIpc) is 2.90. The Kier molecular flexibility index (Phi) is 4.76. The van der Waals surface area contributed by atoms with Crippen molar-refractivity contribution in [2.75, 3.05) is 13.6 Å². The fourth-order valence-electron chi connectivity index (χ4n) is 2.76. The molecule has 0 unspecified atom stereocenters. The number of nitrogens with zero attached hydrogens (tertiary/aromatic N) is 2. The molecule has 0 saturated heterocycles. The van der Waals surface area contributed by atoms with Gasteiger partial charge in [-0.25, -0.2) is 0 Å². The molecule has 0 aliphatic heterocycles. The van der Waals surface area contributed by atoms with Crippen LogP contribution in [0.3, 0.4) is 0 Å². The predicted octanol–water partition coefficient (Wildman–Crippen LogP) is 0.702. The van der Waals surface area contributed by atoms with E-state index in [0.717, 1.165) is 25.7 Å². The maximum absolute atomic E-state index is 12.0. The number of rotatable bonds is 4. The van der Waals surface area contributed by atoms with Crippen molar-refractivity contribution in [3.05, 3.63) is 18.0 Å². The Morgan fingerprint density at radius 2 is 2.05 bits per heavy atom. The summed E-state index contributed by atoms with van der Waals surface area (Å²) in [4.78, 5) is 23.5. The zero-order valence-electron chi connectivity index (χ0n) is 12.1. The summed E-state index contributed by atoms with van der Waals surface area (Å²) in [5.41, 5.74) is 0.573. The van der Waals surface area contributed by atoms with E-state index < -0.39 is 0 Å². The van der Waals surface area contributed by atoms with E-state index in [-0.39, 0.29) is 17.7 Å². The highest BCUT2D eigenvalue weighted by Gasteiger charge is 2.25. The first-order chi connectivity index (χ1) is 9.61. The number of aromatic nitrogens is 2. The molecule has 0 bridgehead atoms. The Morgan fingerprint density at radius 1 is 1.35 bits per heavy atom. The fourth-order valence-corrected chi connectivity index (χ4v) is 2.76. The van der Waals surface area contributed by atoms with E-state index in [0.29, 0.717) is 18.2 Å². The van der Waals surface area contributed by atoms with Crippen LogP contribution in [-0.4, -0.2) is 35.2 Å². The van der Waals surface area contributed by atoms with E-state index in [4.69, 9.17) is 0 Å². The van der Waals surface area contributed by atoms with Gasteiger partial charge in [-0.15, -0.1) is 0 Å². The second kappa shape index (κ2) is 6.54. The average molecular weight is 278 g/mol. The van der Waals surface area contributed by atoms with Crippen molar-refractivity contribution >= 4 is 11.8 Å². The van der Waals surface area contributed by atoms with Gasteiger partial charge in [-0.3, -0.25) is 14.3 Å². The van der Waals surface area contributed by atoms with Gasteiger partial charge in [0.1, 0.15) is 5.69 Å². The maximum atomic E-state index is 12.0. The first-order valence-electron chi connectivity index (χ1n) is 7.09. The molecule has 2 amide bonds. The van der Waals surface area contributed by atoms with Crippen LogP contribution in [-0.2, 0) is 11.8 Å². The lowest BCUT2D eigenvalue weighted by molar-refractivity contribution is -0.125. The van der Waals surface area contributed by atoms with Gasteiger partial charge in [0.15, 0.2) is 0 Å². The lowest BCUT2D eigenvalue weighted by atomic mass is 9.81. The van der Waals surface area contributed by atoms with Crippen molar-refractivity contribution < 1.29 is 9.59 Å². The zero-order valence-corrected chi connectivity index (χ0v) is 12.1. The van der Waals surface area contributed by atoms with Crippen LogP contribution in [0, 0.1) is 11.8 Å². The number of amides is 2. The Morgan fingerprint density at radius 3 is 2.60 bits per heavy atom. The lowest BCUT2D eigenvalue weighted by Gasteiger charge is -2.27. The van der Waals surface area contributed by atoms with E-state index in [9.17, 15) is 9.59 Å². The van der Waals surface area contributed by atoms with Gasteiger partial charge >= 0.3 is 0 Å². The number of carbonyl (C=O) groups excluding carboxylic acids is 2. The summed E-state index contributed by atoms with van der Waals surface area (Å²) in [7, 11) is 3.44. The first-order valence-corrected chi connectivity index (χ1v) is 7.09. The van der Waals surface area contributed by atoms with Gasteiger partial charge in [0.2, 0.25) is 5.91 Å². The lowest BCUT2D eigenvalue weighted by Crippen LogP contribution is -2.35. The van der Waals surface area contributed by atoms with Gasteiger partial charge in [-0.05, 0) is 37.7 Å². The van der Waals surface area contributed by atoms with Crippen LogP contribution in [0.15, 0.2) is 12.3 Å². The molecule has 0 spiro atoms. The minimum atomic E-state index is -0.0848. The molecule has 20 heavy (non-hydrogen) atoms. The van der Waals surface area contributed by atoms with Crippen LogP contribution in [0.1, 0.15) is 36.2 Å². The molecule has 2 N–H and O–H groups in total. The van der Waals surface area contributed by atoms with E-state index in [1.165, 1.54) is 0 Å². The molecule has 0 aromatic carbocycles. The summed E-state index contributed by atoms with van der Waals surface area (Å²) in [6, 6.07) is 1.71. The van der Waals surface area contributed by atoms with Crippen molar-refractivity contribution in [3.63, 3.8) is 0 Å². The molecule has 0 atom stereocenters. The van der Waals surface area contributed by atoms with E-state index in [1.54, 1.807) is 31.0 Å². The van der Waals surface area contributed by atoms with Gasteiger partial charge in [-0.2, -0.15) is 5.10 Å². The van der Waals surface area contributed by atoms with Crippen molar-refractivity contribution in [3.8, 4) is 0 Å². The number of carbonyl (C=O) groups is 2. The van der Waals surface area contributed by atoms with Crippen molar-refractivity contribution in [1.29, 1.82) is 0 Å². The highest BCUT2D eigenvalue weighted by molar-refractivity contribution is 5.92. The minimum absolute atomic E-state index is 0.0848. The first kappa shape index (κ1) is 14.6. The molecule has 1 aromatic heterocycles. The summed E-state index contributed by atoms with van der Waals surface area (Å²) in [6.45, 7) is 0.671. The summed E-state index contributed by atoms with van der Waals surface area (Å²) in [6.07, 6.45) is 5.41. The van der Waals surface area contributed by atoms with Gasteiger partial charge in [0.25, 0.3) is 5.91 Å². The summed E-state index contributed by atoms with van der Waals surface area (Å²) in [5.74, 6) is 0.665. The molecule has 1 fully saturated rings. The highest BCUT2D eigenvalue weighted by Crippen LogP contribution is 2.28. The number of hydrogen-bond acceptors (Lipinski definition) is 3. The third-order valence-corrected chi connectivity index (χ3v) is 4.07.